The first kappa shape index (κ1) is 21.1. The molecule has 4 heterocycles. The summed E-state index contributed by atoms with van der Waals surface area (Å²) in [6, 6.07) is 7.40. The van der Waals surface area contributed by atoms with E-state index in [2.05, 4.69) is 0 Å². The zero-order valence-corrected chi connectivity index (χ0v) is 18.7. The van der Waals surface area contributed by atoms with Gasteiger partial charge in [0.25, 0.3) is 5.56 Å². The van der Waals surface area contributed by atoms with Gasteiger partial charge >= 0.3 is 0 Å². The first-order chi connectivity index (χ1) is 15.3. The van der Waals surface area contributed by atoms with Crippen molar-refractivity contribution in [2.45, 2.75) is 44.9 Å². The van der Waals surface area contributed by atoms with Crippen molar-refractivity contribution in [2.24, 2.45) is 0 Å². The largest absolute Gasteiger partial charge is 0.508 e. The lowest BCUT2D eigenvalue weighted by Gasteiger charge is -2.40. The Balaban J connectivity index is 1.74. The van der Waals surface area contributed by atoms with Crippen LogP contribution >= 0.6 is 0 Å². The number of aliphatic hydroxyl groups is 1. The highest BCUT2D eigenvalue weighted by Crippen LogP contribution is 2.42. The van der Waals surface area contributed by atoms with Gasteiger partial charge in [-0.05, 0) is 44.8 Å². The quantitative estimate of drug-likeness (QED) is 0.506. The molecule has 1 aromatic carbocycles. The fourth-order valence-electron chi connectivity index (χ4n) is 5.04. The van der Waals surface area contributed by atoms with Crippen LogP contribution in [0.3, 0.4) is 0 Å². The SMILES string of the molecule is CC[C@]1(OC)c2cc3n(c(=O)c2COC1O)Cc1cc2c(CN(C)C)c(O)ccc2nc1-3. The van der Waals surface area contributed by atoms with Crippen molar-refractivity contribution in [2.75, 3.05) is 21.2 Å². The van der Waals surface area contributed by atoms with E-state index in [9.17, 15) is 15.0 Å². The van der Waals surface area contributed by atoms with Crippen molar-refractivity contribution in [1.82, 2.24) is 14.5 Å². The van der Waals surface area contributed by atoms with Crippen molar-refractivity contribution >= 4 is 10.9 Å². The summed E-state index contributed by atoms with van der Waals surface area (Å²) in [4.78, 5) is 20.3. The summed E-state index contributed by atoms with van der Waals surface area (Å²) in [5.41, 5.74) is 3.84. The van der Waals surface area contributed by atoms with Crippen LogP contribution in [0.4, 0.5) is 0 Å². The molecule has 0 radical (unpaired) electrons. The van der Waals surface area contributed by atoms with Crippen LogP contribution in [0.25, 0.3) is 22.3 Å². The monoisotopic (exact) mass is 437 g/mol. The van der Waals surface area contributed by atoms with Crippen LogP contribution in [0, 0.1) is 0 Å². The maximum absolute atomic E-state index is 13.4. The topological polar surface area (TPSA) is 97.0 Å². The Morgan fingerprint density at radius 1 is 1.34 bits per heavy atom. The number of pyridine rings is 2. The van der Waals surface area contributed by atoms with Crippen molar-refractivity contribution < 1.29 is 19.7 Å². The van der Waals surface area contributed by atoms with Crippen molar-refractivity contribution in [3.63, 3.8) is 0 Å². The van der Waals surface area contributed by atoms with Gasteiger partial charge in [-0.15, -0.1) is 0 Å². The van der Waals surface area contributed by atoms with E-state index in [-0.39, 0.29) is 17.9 Å². The molecule has 0 fully saturated rings. The molecule has 2 N–H and O–H groups in total. The third-order valence-corrected chi connectivity index (χ3v) is 6.74. The third-order valence-electron chi connectivity index (χ3n) is 6.74. The number of methoxy groups -OCH3 is 1. The number of nitrogens with zero attached hydrogens (tertiary/aromatic N) is 3. The fourth-order valence-corrected chi connectivity index (χ4v) is 5.04. The van der Waals surface area contributed by atoms with E-state index < -0.39 is 11.9 Å². The zero-order chi connectivity index (χ0) is 22.8. The molecular weight excluding hydrogens is 410 g/mol. The average Bonchev–Trinajstić information content (AvgIpc) is 3.13. The molecular formula is C24H27N3O5. The Morgan fingerprint density at radius 3 is 2.81 bits per heavy atom. The second-order valence-electron chi connectivity index (χ2n) is 8.79. The van der Waals surface area contributed by atoms with Gasteiger partial charge in [0.1, 0.15) is 11.4 Å². The van der Waals surface area contributed by atoms with Gasteiger partial charge in [-0.1, -0.05) is 6.92 Å². The molecule has 0 amide bonds. The normalized spacial score (nSPS) is 21.6. The number of aromatic hydroxyl groups is 1. The third kappa shape index (κ3) is 2.84. The average molecular weight is 437 g/mol. The van der Waals surface area contributed by atoms with E-state index in [0.717, 1.165) is 27.7 Å². The summed E-state index contributed by atoms with van der Waals surface area (Å²) in [7, 11) is 5.42. The first-order valence-electron chi connectivity index (χ1n) is 10.7. The number of phenolic OH excluding ortho intramolecular Hbond substituents is 1. The molecule has 2 aliphatic rings. The van der Waals surface area contributed by atoms with Crippen LogP contribution < -0.4 is 5.56 Å². The van der Waals surface area contributed by atoms with E-state index in [4.69, 9.17) is 14.5 Å². The highest BCUT2D eigenvalue weighted by atomic mass is 16.6. The molecule has 3 aromatic rings. The van der Waals surface area contributed by atoms with Crippen molar-refractivity contribution in [1.29, 1.82) is 0 Å². The van der Waals surface area contributed by atoms with Crippen molar-refractivity contribution in [3.8, 4) is 17.1 Å². The Morgan fingerprint density at radius 2 is 2.12 bits per heavy atom. The minimum Gasteiger partial charge on any atom is -0.508 e. The van der Waals surface area contributed by atoms with E-state index in [1.807, 2.05) is 38.1 Å². The summed E-state index contributed by atoms with van der Waals surface area (Å²) >= 11 is 0. The van der Waals surface area contributed by atoms with Gasteiger partial charge in [0.2, 0.25) is 0 Å². The van der Waals surface area contributed by atoms with Gasteiger partial charge < -0.3 is 29.2 Å². The minimum atomic E-state index is -1.16. The van der Waals surface area contributed by atoms with Crippen LogP contribution in [-0.2, 0) is 34.8 Å². The Kier molecular flexibility index (Phi) is 4.86. The second-order valence-corrected chi connectivity index (χ2v) is 8.79. The van der Waals surface area contributed by atoms with Crippen LogP contribution in [-0.4, -0.2) is 52.2 Å². The predicted octanol–water partition coefficient (Wildman–Crippen LogP) is 2.29. The molecule has 0 aliphatic carbocycles. The molecule has 2 atom stereocenters. The number of ether oxygens (including phenoxy) is 2. The molecule has 1 unspecified atom stereocenters. The molecule has 0 saturated carbocycles. The summed E-state index contributed by atoms with van der Waals surface area (Å²) in [6.45, 7) is 2.90. The summed E-state index contributed by atoms with van der Waals surface area (Å²) in [5, 5.41) is 21.9. The molecule has 168 valence electrons. The smallest absolute Gasteiger partial charge is 0.257 e. The number of hydrogen-bond donors (Lipinski definition) is 2. The number of aliphatic hydroxyl groups excluding tert-OH is 1. The highest BCUT2D eigenvalue weighted by molar-refractivity contribution is 5.88. The molecule has 5 rings (SSSR count). The predicted molar refractivity (Wildman–Crippen MR) is 119 cm³/mol. The van der Waals surface area contributed by atoms with Crippen LogP contribution in [0.15, 0.2) is 29.1 Å². The van der Waals surface area contributed by atoms with Gasteiger partial charge in [-0.2, -0.15) is 0 Å². The maximum atomic E-state index is 13.4. The van der Waals surface area contributed by atoms with Gasteiger partial charge in [0.05, 0.1) is 30.1 Å². The molecule has 0 spiro atoms. The van der Waals surface area contributed by atoms with E-state index in [1.54, 1.807) is 16.7 Å². The number of aromatic nitrogens is 2. The molecule has 8 heteroatoms. The highest BCUT2D eigenvalue weighted by Gasteiger charge is 2.46. The Bertz CT molecular complexity index is 1290. The van der Waals surface area contributed by atoms with Crippen LogP contribution in [0.1, 0.15) is 35.6 Å². The lowest BCUT2D eigenvalue weighted by molar-refractivity contribution is -0.247. The summed E-state index contributed by atoms with van der Waals surface area (Å²) in [5.74, 6) is 0.232. The molecule has 0 saturated heterocycles. The van der Waals surface area contributed by atoms with Crippen LogP contribution in [0.5, 0.6) is 5.75 Å². The van der Waals surface area contributed by atoms with Gasteiger partial charge in [0.15, 0.2) is 6.29 Å². The number of fused-ring (bicyclic) bond motifs is 5. The molecule has 0 bridgehead atoms. The molecule has 32 heavy (non-hydrogen) atoms. The van der Waals surface area contributed by atoms with Gasteiger partial charge in [-0.25, -0.2) is 4.98 Å². The molecule has 2 aromatic heterocycles. The lowest BCUT2D eigenvalue weighted by Crippen LogP contribution is -2.48. The Labute approximate surface area is 185 Å². The molecule has 8 nitrogen and oxygen atoms in total. The van der Waals surface area contributed by atoms with E-state index >= 15 is 0 Å². The molecule has 2 aliphatic heterocycles. The number of rotatable bonds is 4. The van der Waals surface area contributed by atoms with Crippen LogP contribution in [0.2, 0.25) is 0 Å². The number of hydrogen-bond acceptors (Lipinski definition) is 7. The summed E-state index contributed by atoms with van der Waals surface area (Å²) in [6.07, 6.45) is -0.708. The standard InChI is InChI=1S/C24H27N3O5/c1-5-24(31-4)17-9-19-21-13(10-27(19)22(29)16(17)12-32-23(24)30)8-14-15(11-26(2)3)20(28)7-6-18(14)25-21/h6-9,23,28,30H,5,10-12H2,1-4H3/t23?,24-/m0/s1. The van der Waals surface area contributed by atoms with Gasteiger partial charge in [0, 0.05) is 41.3 Å². The number of phenols is 1. The summed E-state index contributed by atoms with van der Waals surface area (Å²) < 4.78 is 13.0. The number of benzene rings is 1. The van der Waals surface area contributed by atoms with E-state index in [0.29, 0.717) is 36.3 Å². The minimum absolute atomic E-state index is 0.0350. The first-order valence-corrected chi connectivity index (χ1v) is 10.7. The lowest BCUT2D eigenvalue weighted by atomic mass is 9.85. The van der Waals surface area contributed by atoms with Crippen molar-refractivity contribution in [3.05, 3.63) is 56.9 Å². The van der Waals surface area contributed by atoms with E-state index in [1.165, 1.54) is 7.11 Å². The fraction of sp³-hybridized carbons (Fsp3) is 0.417. The second kappa shape index (κ2) is 7.38. The Hall–Kier alpha value is -2.78. The maximum Gasteiger partial charge on any atom is 0.257 e. The van der Waals surface area contributed by atoms with Gasteiger partial charge in [-0.3, -0.25) is 4.79 Å². The zero-order valence-electron chi connectivity index (χ0n) is 18.7.